The third-order valence-corrected chi connectivity index (χ3v) is 4.10. The molecule has 0 radical (unpaired) electrons. The topological polar surface area (TPSA) is 97.1 Å². The van der Waals surface area contributed by atoms with E-state index in [0.29, 0.717) is 12.1 Å². The number of carbonyl (C=O) groups excluding carboxylic acids is 1. The van der Waals surface area contributed by atoms with Gasteiger partial charge in [-0.3, -0.25) is 4.79 Å². The van der Waals surface area contributed by atoms with Crippen molar-refractivity contribution in [2.75, 3.05) is 0 Å². The van der Waals surface area contributed by atoms with Crippen LogP contribution in [0.4, 0.5) is 0 Å². The van der Waals surface area contributed by atoms with Crippen LogP contribution in [0.3, 0.4) is 0 Å². The first-order valence-electron chi connectivity index (χ1n) is 8.02. The summed E-state index contributed by atoms with van der Waals surface area (Å²) in [6.45, 7) is 4.69. The predicted molar refractivity (Wildman–Crippen MR) is 87.1 cm³/mol. The Morgan fingerprint density at radius 1 is 1.33 bits per heavy atom. The van der Waals surface area contributed by atoms with Crippen molar-refractivity contribution in [1.29, 1.82) is 0 Å². The summed E-state index contributed by atoms with van der Waals surface area (Å²) in [6, 6.07) is 6.00. The molecule has 0 saturated heterocycles. The highest BCUT2D eigenvalue weighted by atomic mass is 16.4. The minimum atomic E-state index is -1.05. The zero-order valence-corrected chi connectivity index (χ0v) is 13.7. The zero-order valence-electron chi connectivity index (χ0n) is 13.7. The number of aryl methyl sites for hydroxylation is 1. The van der Waals surface area contributed by atoms with Crippen LogP contribution in [-0.4, -0.2) is 37.8 Å². The van der Waals surface area contributed by atoms with E-state index in [2.05, 4.69) is 29.2 Å². The molecule has 0 saturated carbocycles. The Kier molecular flexibility index (Phi) is 4.33. The van der Waals surface area contributed by atoms with Crippen LogP contribution in [-0.2, 0) is 13.0 Å². The molecule has 2 aromatic rings. The number of hydrogen-bond donors (Lipinski definition) is 2. The molecule has 7 nitrogen and oxygen atoms in total. The lowest BCUT2D eigenvalue weighted by Gasteiger charge is -2.23. The molecule has 1 aromatic heterocycles. The van der Waals surface area contributed by atoms with E-state index in [1.807, 2.05) is 4.68 Å². The Bertz CT molecular complexity index is 782. The molecule has 1 aromatic carbocycles. The molecule has 0 spiro atoms. The van der Waals surface area contributed by atoms with Gasteiger partial charge in [0.15, 0.2) is 5.82 Å². The number of carbonyl (C=O) groups is 2. The molecule has 2 heterocycles. The maximum Gasteiger partial charge on any atom is 0.335 e. The number of fused-ring (bicyclic) bond motifs is 1. The van der Waals surface area contributed by atoms with Gasteiger partial charge in [-0.15, -0.1) is 0 Å². The molecule has 1 atom stereocenters. The van der Waals surface area contributed by atoms with Crippen molar-refractivity contribution in [1.82, 2.24) is 20.1 Å². The summed E-state index contributed by atoms with van der Waals surface area (Å²) >= 11 is 0. The summed E-state index contributed by atoms with van der Waals surface area (Å²) in [6.07, 6.45) is 1.56. The Hall–Kier alpha value is -2.70. The highest BCUT2D eigenvalue weighted by Crippen LogP contribution is 2.17. The average molecular weight is 328 g/mol. The van der Waals surface area contributed by atoms with E-state index in [4.69, 9.17) is 5.11 Å². The molecular weight excluding hydrogens is 308 g/mol. The largest absolute Gasteiger partial charge is 0.478 e. The second-order valence-corrected chi connectivity index (χ2v) is 6.32. The summed E-state index contributed by atoms with van der Waals surface area (Å²) in [5, 5.41) is 16.5. The molecule has 0 aliphatic carbocycles. The SMILES string of the molecule is CC(C)c1nc2n(n1)CC(NC(=O)c1cccc(C(=O)O)c1)CC2. The molecule has 1 aliphatic heterocycles. The summed E-state index contributed by atoms with van der Waals surface area (Å²) in [5.74, 6) is 0.740. The maximum atomic E-state index is 12.4. The van der Waals surface area contributed by atoms with Crippen LogP contribution in [0.2, 0.25) is 0 Å². The van der Waals surface area contributed by atoms with Crippen molar-refractivity contribution in [3.8, 4) is 0 Å². The molecule has 7 heteroatoms. The van der Waals surface area contributed by atoms with Gasteiger partial charge in [0.05, 0.1) is 12.1 Å². The molecule has 1 unspecified atom stereocenters. The molecule has 0 bridgehead atoms. The number of aromatic nitrogens is 3. The summed E-state index contributed by atoms with van der Waals surface area (Å²) < 4.78 is 1.86. The van der Waals surface area contributed by atoms with Crippen molar-refractivity contribution in [2.45, 2.75) is 45.2 Å². The standard InChI is InChI=1S/C17H20N4O3/c1-10(2)15-19-14-7-6-13(9-21(14)20-15)18-16(22)11-4-3-5-12(8-11)17(23)24/h3-5,8,10,13H,6-7,9H2,1-2H3,(H,18,22)(H,23,24). The Morgan fingerprint density at radius 2 is 2.08 bits per heavy atom. The monoisotopic (exact) mass is 328 g/mol. The number of carboxylic acids is 1. The smallest absolute Gasteiger partial charge is 0.335 e. The Morgan fingerprint density at radius 3 is 2.79 bits per heavy atom. The summed E-state index contributed by atoms with van der Waals surface area (Å²) in [4.78, 5) is 27.9. The Labute approximate surface area is 139 Å². The van der Waals surface area contributed by atoms with E-state index in [0.717, 1.165) is 24.5 Å². The summed E-state index contributed by atoms with van der Waals surface area (Å²) in [7, 11) is 0. The first-order valence-corrected chi connectivity index (χ1v) is 8.02. The van der Waals surface area contributed by atoms with Gasteiger partial charge < -0.3 is 10.4 Å². The molecule has 1 amide bonds. The van der Waals surface area contributed by atoms with Crippen LogP contribution in [0.5, 0.6) is 0 Å². The highest BCUT2D eigenvalue weighted by Gasteiger charge is 2.24. The van der Waals surface area contributed by atoms with E-state index in [-0.39, 0.29) is 23.4 Å². The number of hydrogen-bond acceptors (Lipinski definition) is 4. The van der Waals surface area contributed by atoms with E-state index < -0.39 is 5.97 Å². The molecule has 3 rings (SSSR count). The maximum absolute atomic E-state index is 12.4. The molecule has 0 fully saturated rings. The first kappa shape index (κ1) is 16.2. The molecule has 1 aliphatic rings. The number of rotatable bonds is 4. The van der Waals surface area contributed by atoms with Gasteiger partial charge in [-0.2, -0.15) is 5.10 Å². The average Bonchev–Trinajstić information content (AvgIpc) is 2.98. The van der Waals surface area contributed by atoms with Gasteiger partial charge in [0.2, 0.25) is 0 Å². The number of nitrogens with zero attached hydrogens (tertiary/aromatic N) is 3. The highest BCUT2D eigenvalue weighted by molar-refractivity contribution is 5.97. The van der Waals surface area contributed by atoms with Crippen molar-refractivity contribution < 1.29 is 14.7 Å². The second kappa shape index (κ2) is 6.43. The van der Waals surface area contributed by atoms with Gasteiger partial charge in [0.1, 0.15) is 5.82 Å². The third-order valence-electron chi connectivity index (χ3n) is 4.10. The quantitative estimate of drug-likeness (QED) is 0.892. The van der Waals surface area contributed by atoms with Crippen LogP contribution in [0, 0.1) is 0 Å². The lowest BCUT2D eigenvalue weighted by molar-refractivity contribution is 0.0697. The fraction of sp³-hybridized carbons (Fsp3) is 0.412. The molecule has 2 N–H and O–H groups in total. The van der Waals surface area contributed by atoms with E-state index in [9.17, 15) is 9.59 Å². The Balaban J connectivity index is 1.69. The molecular formula is C17H20N4O3. The van der Waals surface area contributed by atoms with Crippen molar-refractivity contribution in [3.05, 3.63) is 47.0 Å². The summed E-state index contributed by atoms with van der Waals surface area (Å²) in [5.41, 5.74) is 0.452. The zero-order chi connectivity index (χ0) is 17.3. The van der Waals surface area contributed by atoms with Gasteiger partial charge in [-0.05, 0) is 24.6 Å². The van der Waals surface area contributed by atoms with Gasteiger partial charge in [0.25, 0.3) is 5.91 Å². The lowest BCUT2D eigenvalue weighted by Crippen LogP contribution is -2.41. The number of nitrogens with one attached hydrogen (secondary N) is 1. The molecule has 24 heavy (non-hydrogen) atoms. The number of benzene rings is 1. The van der Waals surface area contributed by atoms with Crippen LogP contribution in [0.25, 0.3) is 0 Å². The normalized spacial score (nSPS) is 16.7. The predicted octanol–water partition coefficient (Wildman–Crippen LogP) is 1.84. The van der Waals surface area contributed by atoms with E-state index in [1.54, 1.807) is 12.1 Å². The van der Waals surface area contributed by atoms with Gasteiger partial charge >= 0.3 is 5.97 Å². The van der Waals surface area contributed by atoms with Gasteiger partial charge in [0, 0.05) is 23.9 Å². The van der Waals surface area contributed by atoms with E-state index in [1.165, 1.54) is 12.1 Å². The number of carboxylic acid groups (broad SMARTS) is 1. The first-order chi connectivity index (χ1) is 11.4. The van der Waals surface area contributed by atoms with Gasteiger partial charge in [-0.25, -0.2) is 14.5 Å². The van der Waals surface area contributed by atoms with Crippen molar-refractivity contribution >= 4 is 11.9 Å². The fourth-order valence-electron chi connectivity index (χ4n) is 2.75. The van der Waals surface area contributed by atoms with Crippen molar-refractivity contribution in [3.63, 3.8) is 0 Å². The number of amides is 1. The fourth-order valence-corrected chi connectivity index (χ4v) is 2.75. The van der Waals surface area contributed by atoms with E-state index >= 15 is 0 Å². The third kappa shape index (κ3) is 3.29. The van der Waals surface area contributed by atoms with Crippen LogP contribution < -0.4 is 5.32 Å². The van der Waals surface area contributed by atoms with Crippen LogP contribution >= 0.6 is 0 Å². The van der Waals surface area contributed by atoms with Gasteiger partial charge in [-0.1, -0.05) is 19.9 Å². The van der Waals surface area contributed by atoms with Crippen LogP contribution in [0.15, 0.2) is 24.3 Å². The lowest BCUT2D eigenvalue weighted by atomic mass is 10.1. The second-order valence-electron chi connectivity index (χ2n) is 6.32. The van der Waals surface area contributed by atoms with Crippen LogP contribution in [0.1, 0.15) is 58.6 Å². The minimum absolute atomic E-state index is 0.0415. The number of aromatic carboxylic acids is 1. The minimum Gasteiger partial charge on any atom is -0.478 e. The van der Waals surface area contributed by atoms with Crippen molar-refractivity contribution in [2.24, 2.45) is 0 Å². The molecule has 126 valence electrons.